The number of ketones is 1. The number of aliphatic hydroxyl groups is 1. The van der Waals surface area contributed by atoms with Crippen molar-refractivity contribution in [3.8, 4) is 0 Å². The first kappa shape index (κ1) is 23.1. The molecule has 4 aliphatic rings. The van der Waals surface area contributed by atoms with Crippen molar-refractivity contribution in [1.82, 2.24) is 0 Å². The smallest absolute Gasteiger partial charge is 0.338 e. The van der Waals surface area contributed by atoms with E-state index in [9.17, 15) is 19.5 Å². The molecule has 0 aliphatic heterocycles. The van der Waals surface area contributed by atoms with Crippen LogP contribution in [0, 0.1) is 40.4 Å². The van der Waals surface area contributed by atoms with Crippen LogP contribution in [0.3, 0.4) is 0 Å². The number of rotatable bonds is 3. The fourth-order valence-electron chi connectivity index (χ4n) is 8.09. The van der Waals surface area contributed by atoms with Crippen LogP contribution in [0.15, 0.2) is 11.6 Å². The van der Waals surface area contributed by atoms with E-state index in [4.69, 9.17) is 4.74 Å². The Balaban J connectivity index is 0.00000256. The second-order valence-corrected chi connectivity index (χ2v) is 10.5. The molecule has 3 N–H and O–H groups in total. The Bertz CT molecular complexity index is 774. The van der Waals surface area contributed by atoms with Gasteiger partial charge in [-0.2, -0.15) is 0 Å². The molecule has 0 aromatic carbocycles. The number of hydrogen-bond acceptors (Lipinski definition) is 5. The second-order valence-electron chi connectivity index (χ2n) is 10.5. The second kappa shape index (κ2) is 7.56. The number of carbonyl (C=O) groups is 3. The molecule has 0 aromatic rings. The largest absolute Gasteiger partial charge is 0.464 e. The summed E-state index contributed by atoms with van der Waals surface area (Å²) in [5, 5.41) is 11.5. The Morgan fingerprint density at radius 2 is 2.00 bits per heavy atom. The molecule has 4 aliphatic carbocycles. The third kappa shape index (κ3) is 2.86. The normalized spacial score (nSPS) is 47.2. The average molecular weight is 421 g/mol. The Hall–Kier alpha value is -1.53. The highest BCUT2D eigenvalue weighted by Gasteiger charge is 2.68. The summed E-state index contributed by atoms with van der Waals surface area (Å²) >= 11 is 0. The van der Waals surface area contributed by atoms with Crippen molar-refractivity contribution in [3.05, 3.63) is 11.6 Å². The van der Waals surface area contributed by atoms with Crippen molar-refractivity contribution in [3.63, 3.8) is 0 Å². The lowest BCUT2D eigenvalue weighted by Crippen LogP contribution is -2.60. The maximum absolute atomic E-state index is 12.7. The van der Waals surface area contributed by atoms with E-state index < -0.39 is 22.9 Å². The SMILES string of the molecule is CCOC(=O)[C@@]1(O)CC[C@H]2[C@@H]3CCC4=CC(=O)C(C=O)C[C@]4(C)[C@H]3[C@@H](C)C[C@@]21C.O. The lowest BCUT2D eigenvalue weighted by molar-refractivity contribution is -0.192. The van der Waals surface area contributed by atoms with Gasteiger partial charge in [-0.15, -0.1) is 0 Å². The molecule has 0 bridgehead atoms. The first-order valence-electron chi connectivity index (χ1n) is 11.2. The quantitative estimate of drug-likeness (QED) is 0.428. The molecule has 0 radical (unpaired) electrons. The molecule has 0 aromatic heterocycles. The molecule has 8 atom stereocenters. The first-order valence-corrected chi connectivity index (χ1v) is 11.2. The number of fused-ring (bicyclic) bond motifs is 5. The van der Waals surface area contributed by atoms with Gasteiger partial charge in [0.1, 0.15) is 6.29 Å². The van der Waals surface area contributed by atoms with Crippen LogP contribution in [0.1, 0.15) is 66.2 Å². The van der Waals surface area contributed by atoms with Gasteiger partial charge < -0.3 is 20.1 Å². The van der Waals surface area contributed by atoms with Crippen LogP contribution in [0.25, 0.3) is 0 Å². The zero-order valence-electron chi connectivity index (χ0n) is 18.6. The summed E-state index contributed by atoms with van der Waals surface area (Å²) < 4.78 is 5.29. The summed E-state index contributed by atoms with van der Waals surface area (Å²) in [6.07, 6.45) is 7.05. The maximum atomic E-state index is 12.7. The number of esters is 1. The van der Waals surface area contributed by atoms with Crippen LogP contribution in [-0.2, 0) is 19.1 Å². The topological polar surface area (TPSA) is 112 Å². The molecule has 3 fully saturated rings. The average Bonchev–Trinajstić information content (AvgIpc) is 2.93. The molecule has 6 heteroatoms. The van der Waals surface area contributed by atoms with Crippen molar-refractivity contribution in [2.24, 2.45) is 40.4 Å². The van der Waals surface area contributed by atoms with Crippen molar-refractivity contribution < 1.29 is 29.7 Å². The van der Waals surface area contributed by atoms with E-state index in [2.05, 4.69) is 20.8 Å². The first-order chi connectivity index (χ1) is 13.6. The third-order valence-corrected chi connectivity index (χ3v) is 9.24. The summed E-state index contributed by atoms with van der Waals surface area (Å²) in [6.45, 7) is 8.60. The minimum absolute atomic E-state index is 0. The molecule has 30 heavy (non-hydrogen) atoms. The van der Waals surface area contributed by atoms with Gasteiger partial charge in [-0.3, -0.25) is 4.79 Å². The minimum Gasteiger partial charge on any atom is -0.464 e. The van der Waals surface area contributed by atoms with Crippen LogP contribution in [0.4, 0.5) is 0 Å². The van der Waals surface area contributed by atoms with E-state index in [1.807, 2.05) is 0 Å². The molecule has 0 heterocycles. The molecular weight excluding hydrogens is 384 g/mol. The zero-order chi connectivity index (χ0) is 21.2. The molecule has 4 rings (SSSR count). The highest BCUT2D eigenvalue weighted by atomic mass is 16.5. The number of allylic oxidation sites excluding steroid dienone is 1. The van der Waals surface area contributed by atoms with Gasteiger partial charge >= 0.3 is 5.97 Å². The highest BCUT2D eigenvalue weighted by Crippen LogP contribution is 2.69. The van der Waals surface area contributed by atoms with E-state index in [-0.39, 0.29) is 35.1 Å². The Morgan fingerprint density at radius 3 is 2.63 bits per heavy atom. The van der Waals surface area contributed by atoms with Gasteiger partial charge in [-0.05, 0) is 80.6 Å². The molecule has 168 valence electrons. The number of hydrogen-bond donors (Lipinski definition) is 1. The van der Waals surface area contributed by atoms with Crippen molar-refractivity contribution in [2.75, 3.05) is 6.61 Å². The summed E-state index contributed by atoms with van der Waals surface area (Å²) in [4.78, 5) is 36.6. The number of aldehydes is 1. The van der Waals surface area contributed by atoms with Gasteiger partial charge in [0.2, 0.25) is 0 Å². The van der Waals surface area contributed by atoms with Crippen LogP contribution < -0.4 is 0 Å². The predicted molar refractivity (Wildman–Crippen MR) is 111 cm³/mol. The standard InChI is InChI=1S/C24H34O5.H2O/c1-5-29-21(27)24(28)9-8-18-17-7-6-16-10-19(26)15(13-25)12-22(16,3)20(17)14(2)11-23(18,24)4;/h10,13-15,17-18,20,28H,5-9,11-12H2,1-4H3;1H2/t14-,15?,17-,18-,20-,22-,23-,24-;/m0./s1. The van der Waals surface area contributed by atoms with Crippen LogP contribution in [0.2, 0.25) is 0 Å². The van der Waals surface area contributed by atoms with E-state index in [0.717, 1.165) is 32.0 Å². The van der Waals surface area contributed by atoms with Gasteiger partial charge in [0.25, 0.3) is 0 Å². The lowest BCUT2D eigenvalue weighted by Gasteiger charge is -2.61. The van der Waals surface area contributed by atoms with E-state index in [1.54, 1.807) is 13.0 Å². The third-order valence-electron chi connectivity index (χ3n) is 9.24. The predicted octanol–water partition coefficient (Wildman–Crippen LogP) is 2.66. The lowest BCUT2D eigenvalue weighted by atomic mass is 9.43. The molecule has 0 amide bonds. The van der Waals surface area contributed by atoms with Gasteiger partial charge in [0.15, 0.2) is 11.4 Å². The van der Waals surface area contributed by atoms with Gasteiger partial charge in [-0.25, -0.2) is 4.79 Å². The van der Waals surface area contributed by atoms with Crippen molar-refractivity contribution in [1.29, 1.82) is 0 Å². The fourth-order valence-corrected chi connectivity index (χ4v) is 8.09. The van der Waals surface area contributed by atoms with Crippen LogP contribution >= 0.6 is 0 Å². The van der Waals surface area contributed by atoms with E-state index >= 15 is 0 Å². The number of carbonyl (C=O) groups excluding carboxylic acids is 3. The van der Waals surface area contributed by atoms with Gasteiger partial charge in [-0.1, -0.05) is 26.3 Å². The number of ether oxygens (including phenoxy) is 1. The summed E-state index contributed by atoms with van der Waals surface area (Å²) in [5.41, 5.74) is -0.867. The Labute approximate surface area is 178 Å². The molecule has 0 spiro atoms. The van der Waals surface area contributed by atoms with Gasteiger partial charge in [0.05, 0.1) is 12.5 Å². The molecule has 1 unspecified atom stereocenters. The Kier molecular flexibility index (Phi) is 5.83. The van der Waals surface area contributed by atoms with Crippen molar-refractivity contribution >= 4 is 18.0 Å². The highest BCUT2D eigenvalue weighted by molar-refractivity contribution is 6.02. The minimum atomic E-state index is -1.42. The molecule has 0 saturated heterocycles. The Morgan fingerprint density at radius 1 is 1.30 bits per heavy atom. The fraction of sp³-hybridized carbons (Fsp3) is 0.792. The summed E-state index contributed by atoms with van der Waals surface area (Å²) in [7, 11) is 0. The summed E-state index contributed by atoms with van der Waals surface area (Å²) in [5.74, 6) is 0.233. The molecule has 3 saturated carbocycles. The van der Waals surface area contributed by atoms with Crippen molar-refractivity contribution in [2.45, 2.75) is 71.8 Å². The van der Waals surface area contributed by atoms with E-state index in [1.165, 1.54) is 5.57 Å². The molecule has 6 nitrogen and oxygen atoms in total. The van der Waals surface area contributed by atoms with E-state index in [0.29, 0.717) is 24.7 Å². The van der Waals surface area contributed by atoms with Crippen LogP contribution in [0.5, 0.6) is 0 Å². The zero-order valence-corrected chi connectivity index (χ0v) is 18.6. The monoisotopic (exact) mass is 420 g/mol. The summed E-state index contributed by atoms with van der Waals surface area (Å²) in [6, 6.07) is 0. The molecular formula is C24H36O6. The van der Waals surface area contributed by atoms with Crippen LogP contribution in [-0.4, -0.2) is 40.8 Å². The maximum Gasteiger partial charge on any atom is 0.338 e. The van der Waals surface area contributed by atoms with Gasteiger partial charge in [0, 0.05) is 5.41 Å².